The zero-order valence-electron chi connectivity index (χ0n) is 18.8. The van der Waals surface area contributed by atoms with Gasteiger partial charge in [-0.2, -0.15) is 24.7 Å². The maximum Gasteiger partial charge on any atom is 0.326 e. The fourth-order valence-corrected chi connectivity index (χ4v) is 3.85. The van der Waals surface area contributed by atoms with Crippen LogP contribution >= 0.6 is 0 Å². The van der Waals surface area contributed by atoms with Gasteiger partial charge < -0.3 is 15.4 Å². The molecule has 0 atom stereocenters. The van der Waals surface area contributed by atoms with E-state index in [1.165, 1.54) is 0 Å². The summed E-state index contributed by atoms with van der Waals surface area (Å²) in [6, 6.07) is 8.32. The number of imidazole rings is 1. The van der Waals surface area contributed by atoms with Crippen LogP contribution in [0.4, 0.5) is 5.95 Å². The highest BCUT2D eigenvalue weighted by atomic mass is 16.3. The van der Waals surface area contributed by atoms with Crippen molar-refractivity contribution in [2.75, 3.05) is 5.32 Å². The second-order valence-corrected chi connectivity index (χ2v) is 8.44. The first kappa shape index (κ1) is 20.8. The Morgan fingerprint density at radius 1 is 1.20 bits per heavy atom. The summed E-state index contributed by atoms with van der Waals surface area (Å²) in [7, 11) is 1.89. The van der Waals surface area contributed by atoms with Crippen LogP contribution < -0.4 is 21.8 Å². The monoisotopic (exact) mass is 470 g/mol. The maximum atomic E-state index is 11.5. The minimum Gasteiger partial charge on any atom is -0.493 e. The quantitative estimate of drug-likeness (QED) is 0.281. The van der Waals surface area contributed by atoms with E-state index in [9.17, 15) is 9.90 Å². The molecule has 4 N–H and O–H groups in total. The molecule has 1 aromatic carbocycles. The molecule has 1 aliphatic rings. The first-order valence-electron chi connectivity index (χ1n) is 11.2. The molecular weight excluding hydrogens is 448 g/mol. The van der Waals surface area contributed by atoms with Crippen LogP contribution in [-0.2, 0) is 13.6 Å². The molecule has 4 heterocycles. The molecule has 1 saturated carbocycles. The van der Waals surface area contributed by atoms with Gasteiger partial charge in [0.2, 0.25) is 11.8 Å². The Labute approximate surface area is 197 Å². The number of anilines is 1. The van der Waals surface area contributed by atoms with Crippen LogP contribution in [0.1, 0.15) is 24.1 Å². The number of aromatic hydroxyl groups is 1. The third-order valence-corrected chi connectivity index (χ3v) is 5.73. The van der Waals surface area contributed by atoms with Gasteiger partial charge >= 0.3 is 5.69 Å². The molecular formula is C23H22N10O2. The van der Waals surface area contributed by atoms with Gasteiger partial charge in [0.1, 0.15) is 5.69 Å². The Balaban J connectivity index is 1.40. The standard InChI is InChI=1S/C23H22N10O2/c1-32-12-15(11-25-32)17-5-3-2-4-13(17)9-24-21-29-19-14(8-18-20(34)30-23(35)28-18)10-26-33(19)22(31-21)27-16-6-7-16/h2-5,8,10-12,16,34H,6-7,9H2,1H3,(H,24,27,31)(H2,28,30,35). The van der Waals surface area contributed by atoms with Gasteiger partial charge in [-0.15, -0.1) is 0 Å². The lowest BCUT2D eigenvalue weighted by atomic mass is 10.0. The van der Waals surface area contributed by atoms with Crippen molar-refractivity contribution in [1.82, 2.24) is 39.3 Å². The van der Waals surface area contributed by atoms with E-state index in [4.69, 9.17) is 4.99 Å². The van der Waals surface area contributed by atoms with Gasteiger partial charge in [0.05, 0.1) is 18.4 Å². The summed E-state index contributed by atoms with van der Waals surface area (Å²) in [6.45, 7) is 0.489. The Hall–Kier alpha value is -4.74. The molecule has 5 aromatic rings. The number of aromatic amines is 2. The second kappa shape index (κ2) is 8.24. The predicted molar refractivity (Wildman–Crippen MR) is 127 cm³/mol. The van der Waals surface area contributed by atoms with E-state index in [1.807, 2.05) is 37.6 Å². The van der Waals surface area contributed by atoms with E-state index in [1.54, 1.807) is 21.5 Å². The topological polar surface area (TPSA) is 154 Å². The Morgan fingerprint density at radius 3 is 2.80 bits per heavy atom. The van der Waals surface area contributed by atoms with E-state index < -0.39 is 5.69 Å². The van der Waals surface area contributed by atoms with Crippen molar-refractivity contribution in [1.29, 1.82) is 0 Å². The maximum absolute atomic E-state index is 11.5. The fraction of sp³-hybridized carbons (Fsp3) is 0.217. The molecule has 176 valence electrons. The minimum absolute atomic E-state index is 0.231. The van der Waals surface area contributed by atoms with E-state index in [-0.39, 0.29) is 17.6 Å². The summed E-state index contributed by atoms with van der Waals surface area (Å²) in [5.41, 5.74) is 3.86. The SMILES string of the molecule is Cn1cc(-c2ccccc2CNc2nc(=NC3CC3)n3ncc(=Cc4[nH]c(=O)[nH]c4O)c3n2)cn1. The molecule has 12 heteroatoms. The van der Waals surface area contributed by atoms with E-state index in [0.717, 1.165) is 29.5 Å². The van der Waals surface area contributed by atoms with Crippen molar-refractivity contribution >= 4 is 17.7 Å². The molecule has 1 aliphatic carbocycles. The molecule has 0 unspecified atom stereocenters. The average Bonchev–Trinajstić information content (AvgIpc) is 3.25. The molecule has 0 aliphatic heterocycles. The lowest BCUT2D eigenvalue weighted by molar-refractivity contribution is 0.454. The molecule has 4 aromatic heterocycles. The van der Waals surface area contributed by atoms with Crippen LogP contribution in [0.3, 0.4) is 0 Å². The van der Waals surface area contributed by atoms with Gasteiger partial charge in [0.15, 0.2) is 5.65 Å². The molecule has 0 radical (unpaired) electrons. The molecule has 12 nitrogen and oxygen atoms in total. The number of rotatable bonds is 6. The molecule has 0 saturated heterocycles. The van der Waals surface area contributed by atoms with Gasteiger partial charge in [0.25, 0.3) is 5.62 Å². The molecule has 6 rings (SSSR count). The first-order chi connectivity index (χ1) is 17.0. The highest BCUT2D eigenvalue weighted by Crippen LogP contribution is 2.24. The lowest BCUT2D eigenvalue weighted by Gasteiger charge is -2.09. The Kier molecular flexibility index (Phi) is 4.90. The van der Waals surface area contributed by atoms with Crippen LogP contribution in [0.15, 0.2) is 52.6 Å². The van der Waals surface area contributed by atoms with Gasteiger partial charge in [-0.25, -0.2) is 9.79 Å². The number of nitrogens with zero attached hydrogens (tertiary/aromatic N) is 7. The summed E-state index contributed by atoms with van der Waals surface area (Å²) in [5, 5.41) is 22.6. The third kappa shape index (κ3) is 4.16. The largest absolute Gasteiger partial charge is 0.493 e. The smallest absolute Gasteiger partial charge is 0.326 e. The average molecular weight is 470 g/mol. The highest BCUT2D eigenvalue weighted by Gasteiger charge is 2.21. The summed E-state index contributed by atoms with van der Waals surface area (Å²) < 4.78 is 3.34. The third-order valence-electron chi connectivity index (χ3n) is 5.73. The second-order valence-electron chi connectivity index (χ2n) is 8.44. The highest BCUT2D eigenvalue weighted by molar-refractivity contribution is 5.66. The van der Waals surface area contributed by atoms with Crippen LogP contribution in [0.25, 0.3) is 22.9 Å². The summed E-state index contributed by atoms with van der Waals surface area (Å²) in [4.78, 5) is 30.3. The van der Waals surface area contributed by atoms with Crippen molar-refractivity contribution < 1.29 is 5.11 Å². The first-order valence-corrected chi connectivity index (χ1v) is 11.2. The van der Waals surface area contributed by atoms with Crippen molar-refractivity contribution in [3.63, 3.8) is 0 Å². The number of H-pyrrole nitrogens is 2. The van der Waals surface area contributed by atoms with Crippen LogP contribution in [0.2, 0.25) is 0 Å². The zero-order chi connectivity index (χ0) is 23.9. The van der Waals surface area contributed by atoms with E-state index in [0.29, 0.717) is 29.0 Å². The molecule has 1 fully saturated rings. The molecule has 35 heavy (non-hydrogen) atoms. The zero-order valence-corrected chi connectivity index (χ0v) is 18.8. The van der Waals surface area contributed by atoms with Crippen molar-refractivity contribution in [3.8, 4) is 17.0 Å². The molecule has 0 spiro atoms. The number of benzene rings is 1. The molecule has 0 amide bonds. The lowest BCUT2D eigenvalue weighted by Crippen LogP contribution is -2.24. The summed E-state index contributed by atoms with van der Waals surface area (Å²) >= 11 is 0. The van der Waals surface area contributed by atoms with Crippen molar-refractivity contribution in [2.24, 2.45) is 12.0 Å². The van der Waals surface area contributed by atoms with Gasteiger partial charge in [-0.05, 0) is 30.0 Å². The minimum atomic E-state index is -0.501. The van der Waals surface area contributed by atoms with Gasteiger partial charge in [-0.1, -0.05) is 24.3 Å². The number of nitrogens with one attached hydrogen (secondary N) is 3. The fourth-order valence-electron chi connectivity index (χ4n) is 3.85. The normalized spacial score (nSPS) is 14.8. The Morgan fingerprint density at radius 2 is 2.06 bits per heavy atom. The van der Waals surface area contributed by atoms with E-state index >= 15 is 0 Å². The van der Waals surface area contributed by atoms with Crippen molar-refractivity contribution in [2.45, 2.75) is 25.4 Å². The van der Waals surface area contributed by atoms with Gasteiger partial charge in [0, 0.05) is 30.6 Å². The number of aryl methyl sites for hydroxylation is 1. The number of hydrogen-bond acceptors (Lipinski definition) is 8. The van der Waals surface area contributed by atoms with Crippen LogP contribution in [-0.4, -0.2) is 50.5 Å². The number of aromatic nitrogens is 8. The van der Waals surface area contributed by atoms with Crippen LogP contribution in [0, 0.1) is 0 Å². The summed E-state index contributed by atoms with van der Waals surface area (Å²) in [6.07, 6.45) is 9.05. The number of hydrogen-bond donors (Lipinski definition) is 4. The predicted octanol–water partition coefficient (Wildman–Crippen LogP) is 0.470. The van der Waals surface area contributed by atoms with E-state index in [2.05, 4.69) is 41.5 Å². The summed E-state index contributed by atoms with van der Waals surface area (Å²) in [5.74, 6) is 0.150. The molecule has 0 bridgehead atoms. The number of fused-ring (bicyclic) bond motifs is 1. The van der Waals surface area contributed by atoms with Crippen molar-refractivity contribution in [3.05, 3.63) is 75.4 Å². The van der Waals surface area contributed by atoms with Crippen LogP contribution in [0.5, 0.6) is 5.88 Å². The van der Waals surface area contributed by atoms with Gasteiger partial charge in [-0.3, -0.25) is 9.67 Å². The Bertz CT molecular complexity index is 1720.